The molecule has 3 rings (SSSR count). The van der Waals surface area contributed by atoms with Gasteiger partial charge in [-0.3, -0.25) is 0 Å². The van der Waals surface area contributed by atoms with Gasteiger partial charge in [0.1, 0.15) is 0 Å². The molecule has 0 radical (unpaired) electrons. The number of hydrogen-bond acceptors (Lipinski definition) is 3. The van der Waals surface area contributed by atoms with Crippen molar-refractivity contribution >= 4 is 16.6 Å². The summed E-state index contributed by atoms with van der Waals surface area (Å²) in [5, 5.41) is 6.29. The fraction of sp³-hybridized carbons (Fsp3) is 0.188. The third-order valence-electron chi connectivity index (χ3n) is 3.34. The summed E-state index contributed by atoms with van der Waals surface area (Å²) in [5.41, 5.74) is 7.89. The first-order valence-electron chi connectivity index (χ1n) is 6.41. The van der Waals surface area contributed by atoms with Gasteiger partial charge in [-0.05, 0) is 22.8 Å². The first kappa shape index (κ1) is 11.8. The van der Waals surface area contributed by atoms with Gasteiger partial charge < -0.3 is 10.3 Å². The molecule has 0 aliphatic rings. The monoisotopic (exact) mass is 252 g/mol. The van der Waals surface area contributed by atoms with Gasteiger partial charge in [-0.15, -0.1) is 0 Å². The number of nitrogen functional groups attached to an aromatic ring is 1. The Hall–Kier alpha value is -2.29. The van der Waals surface area contributed by atoms with E-state index in [4.69, 9.17) is 10.3 Å². The molecule has 3 nitrogen and oxygen atoms in total. The van der Waals surface area contributed by atoms with Crippen molar-refractivity contribution in [3.8, 4) is 11.3 Å². The first-order valence-corrected chi connectivity index (χ1v) is 6.41. The van der Waals surface area contributed by atoms with Crippen LogP contribution in [0.3, 0.4) is 0 Å². The number of benzene rings is 2. The quantitative estimate of drug-likeness (QED) is 0.743. The normalized spacial score (nSPS) is 11.3. The Bertz CT molecular complexity index is 728. The summed E-state index contributed by atoms with van der Waals surface area (Å²) in [5.74, 6) is 1.55. The molecule has 0 unspecified atom stereocenters. The minimum atomic E-state index is 0.285. The zero-order valence-corrected chi connectivity index (χ0v) is 11.1. The maximum absolute atomic E-state index is 5.89. The fourth-order valence-corrected chi connectivity index (χ4v) is 2.41. The predicted molar refractivity (Wildman–Crippen MR) is 77.9 cm³/mol. The molecule has 0 aliphatic heterocycles. The molecular formula is C16H16N2O. The third kappa shape index (κ3) is 1.97. The Labute approximate surface area is 112 Å². The van der Waals surface area contributed by atoms with Crippen LogP contribution in [-0.2, 0) is 0 Å². The summed E-state index contributed by atoms with van der Waals surface area (Å²) in [4.78, 5) is 0. The Morgan fingerprint density at radius 3 is 2.53 bits per heavy atom. The lowest BCUT2D eigenvalue weighted by Crippen LogP contribution is -1.95. The average Bonchev–Trinajstić information content (AvgIpc) is 2.80. The van der Waals surface area contributed by atoms with Crippen molar-refractivity contribution < 1.29 is 4.52 Å². The highest BCUT2D eigenvalue weighted by molar-refractivity contribution is 5.87. The number of anilines is 1. The minimum Gasteiger partial charge on any atom is -0.381 e. The van der Waals surface area contributed by atoms with Crippen LogP contribution in [0.5, 0.6) is 0 Å². The van der Waals surface area contributed by atoms with E-state index < -0.39 is 0 Å². The maximum atomic E-state index is 5.89. The number of rotatable bonds is 2. The van der Waals surface area contributed by atoms with Gasteiger partial charge in [-0.2, -0.15) is 0 Å². The third-order valence-corrected chi connectivity index (χ3v) is 3.34. The highest BCUT2D eigenvalue weighted by atomic mass is 16.5. The Morgan fingerprint density at radius 2 is 1.79 bits per heavy atom. The molecule has 2 aromatic carbocycles. The van der Waals surface area contributed by atoms with Crippen LogP contribution in [0.1, 0.15) is 25.3 Å². The lowest BCUT2D eigenvalue weighted by Gasteiger charge is -2.06. The van der Waals surface area contributed by atoms with Crippen molar-refractivity contribution in [1.82, 2.24) is 5.16 Å². The molecule has 0 atom stereocenters. The topological polar surface area (TPSA) is 52.0 Å². The van der Waals surface area contributed by atoms with E-state index in [1.54, 1.807) is 0 Å². The number of nitrogens with two attached hydrogens (primary N) is 1. The molecule has 3 heteroatoms. The maximum Gasteiger partial charge on any atom is 0.172 e. The second kappa shape index (κ2) is 4.43. The SMILES string of the molecule is CC(C)c1c(N)noc1-c1ccc2ccccc2c1. The lowest BCUT2D eigenvalue weighted by atomic mass is 9.98. The number of hydrogen-bond donors (Lipinski definition) is 1. The summed E-state index contributed by atoms with van der Waals surface area (Å²) < 4.78 is 5.42. The highest BCUT2D eigenvalue weighted by Crippen LogP contribution is 2.34. The van der Waals surface area contributed by atoms with Gasteiger partial charge in [0.25, 0.3) is 0 Å². The number of aromatic nitrogens is 1. The summed E-state index contributed by atoms with van der Waals surface area (Å²) in [7, 11) is 0. The van der Waals surface area contributed by atoms with E-state index >= 15 is 0 Å². The highest BCUT2D eigenvalue weighted by Gasteiger charge is 2.18. The van der Waals surface area contributed by atoms with Crippen molar-refractivity contribution in [1.29, 1.82) is 0 Å². The average molecular weight is 252 g/mol. The van der Waals surface area contributed by atoms with E-state index in [0.29, 0.717) is 5.82 Å². The van der Waals surface area contributed by atoms with E-state index in [-0.39, 0.29) is 5.92 Å². The van der Waals surface area contributed by atoms with Crippen LogP contribution >= 0.6 is 0 Å². The zero-order chi connectivity index (χ0) is 13.4. The largest absolute Gasteiger partial charge is 0.381 e. The van der Waals surface area contributed by atoms with Crippen molar-refractivity contribution in [2.45, 2.75) is 19.8 Å². The van der Waals surface area contributed by atoms with Crippen LogP contribution in [-0.4, -0.2) is 5.16 Å². The predicted octanol–water partition coefficient (Wildman–Crippen LogP) is 4.20. The summed E-state index contributed by atoms with van der Waals surface area (Å²) in [6.45, 7) is 4.18. The molecule has 3 aromatic rings. The second-order valence-electron chi connectivity index (χ2n) is 5.03. The van der Waals surface area contributed by atoms with Gasteiger partial charge in [0.05, 0.1) is 0 Å². The van der Waals surface area contributed by atoms with Gasteiger partial charge >= 0.3 is 0 Å². The molecule has 0 spiro atoms. The van der Waals surface area contributed by atoms with Crippen LogP contribution < -0.4 is 5.73 Å². The zero-order valence-electron chi connectivity index (χ0n) is 11.1. The van der Waals surface area contributed by atoms with Crippen LogP contribution in [0.2, 0.25) is 0 Å². The molecule has 0 saturated carbocycles. The molecule has 0 saturated heterocycles. The van der Waals surface area contributed by atoms with Crippen molar-refractivity contribution in [2.75, 3.05) is 5.73 Å². The minimum absolute atomic E-state index is 0.285. The van der Waals surface area contributed by atoms with Crippen molar-refractivity contribution in [2.24, 2.45) is 0 Å². The first-order chi connectivity index (χ1) is 9.16. The molecule has 19 heavy (non-hydrogen) atoms. The molecule has 96 valence electrons. The molecule has 0 bridgehead atoms. The van der Waals surface area contributed by atoms with E-state index in [2.05, 4.69) is 43.3 Å². The Balaban J connectivity index is 2.19. The van der Waals surface area contributed by atoms with Crippen LogP contribution in [0.25, 0.3) is 22.1 Å². The van der Waals surface area contributed by atoms with Crippen LogP contribution in [0, 0.1) is 0 Å². The molecule has 0 fully saturated rings. The van der Waals surface area contributed by atoms with Crippen LogP contribution in [0.15, 0.2) is 47.0 Å². The fourth-order valence-electron chi connectivity index (χ4n) is 2.41. The van der Waals surface area contributed by atoms with E-state index in [1.165, 1.54) is 10.8 Å². The number of nitrogens with zero attached hydrogens (tertiary/aromatic N) is 1. The Kier molecular flexibility index (Phi) is 2.75. The van der Waals surface area contributed by atoms with Gasteiger partial charge in [0.15, 0.2) is 11.6 Å². The van der Waals surface area contributed by atoms with Gasteiger partial charge in [-0.1, -0.05) is 55.4 Å². The molecule has 1 aromatic heterocycles. The number of fused-ring (bicyclic) bond motifs is 1. The molecule has 0 aliphatic carbocycles. The van der Waals surface area contributed by atoms with Crippen molar-refractivity contribution in [3.05, 3.63) is 48.0 Å². The van der Waals surface area contributed by atoms with Gasteiger partial charge in [0, 0.05) is 11.1 Å². The molecule has 0 amide bonds. The van der Waals surface area contributed by atoms with Crippen molar-refractivity contribution in [3.63, 3.8) is 0 Å². The smallest absolute Gasteiger partial charge is 0.172 e. The second-order valence-corrected chi connectivity index (χ2v) is 5.03. The van der Waals surface area contributed by atoms with E-state index in [9.17, 15) is 0 Å². The summed E-state index contributed by atoms with van der Waals surface area (Å²) in [6.07, 6.45) is 0. The molecular weight excluding hydrogens is 236 g/mol. The van der Waals surface area contributed by atoms with Gasteiger partial charge in [0.2, 0.25) is 0 Å². The van der Waals surface area contributed by atoms with E-state index in [0.717, 1.165) is 16.9 Å². The summed E-state index contributed by atoms with van der Waals surface area (Å²) >= 11 is 0. The standard InChI is InChI=1S/C16H16N2O/c1-10(2)14-15(19-18-16(14)17)13-8-7-11-5-3-4-6-12(11)9-13/h3-10H,1-2H3,(H2,17,18). The summed E-state index contributed by atoms with van der Waals surface area (Å²) in [6, 6.07) is 14.5. The van der Waals surface area contributed by atoms with Gasteiger partial charge in [-0.25, -0.2) is 0 Å². The van der Waals surface area contributed by atoms with Crippen LogP contribution in [0.4, 0.5) is 5.82 Å². The van der Waals surface area contributed by atoms with E-state index in [1.807, 2.05) is 18.2 Å². The molecule has 2 N–H and O–H groups in total. The Morgan fingerprint density at radius 1 is 1.05 bits per heavy atom. The molecule has 1 heterocycles. The lowest BCUT2D eigenvalue weighted by molar-refractivity contribution is 0.434.